The summed E-state index contributed by atoms with van der Waals surface area (Å²) in [6.45, 7) is 7.46. The van der Waals surface area contributed by atoms with E-state index in [2.05, 4.69) is 16.0 Å². The third-order valence-electron chi connectivity index (χ3n) is 8.28. The molecule has 0 aliphatic carbocycles. The number of fused-ring (bicyclic) bond motifs is 1. The Morgan fingerprint density at radius 1 is 1.14 bits per heavy atom. The van der Waals surface area contributed by atoms with Gasteiger partial charge in [0.1, 0.15) is 22.3 Å². The summed E-state index contributed by atoms with van der Waals surface area (Å²) in [5, 5.41) is 41.7. The minimum atomic E-state index is -2.07. The number of aliphatic hydroxyl groups is 3. The first-order valence-corrected chi connectivity index (χ1v) is 12.9. The Hall–Kier alpha value is -1.60. The number of amides is 3. The van der Waals surface area contributed by atoms with Gasteiger partial charge in [-0.1, -0.05) is 6.42 Å². The Morgan fingerprint density at radius 3 is 2.37 bits per heavy atom. The predicted octanol–water partition coefficient (Wildman–Crippen LogP) is 0.497. The van der Waals surface area contributed by atoms with Crippen molar-refractivity contribution in [1.29, 1.82) is 0 Å². The van der Waals surface area contributed by atoms with Crippen LogP contribution in [0.25, 0.3) is 0 Å². The van der Waals surface area contributed by atoms with Gasteiger partial charge in [-0.2, -0.15) is 0 Å². The van der Waals surface area contributed by atoms with E-state index in [0.29, 0.717) is 11.7 Å². The first-order chi connectivity index (χ1) is 16.0. The van der Waals surface area contributed by atoms with Crippen molar-refractivity contribution in [1.82, 2.24) is 16.0 Å². The standard InChI is InChI=1S/C23H39N3O8S/c1-13(28)26-20(3)22(5,32)21(4,31)19(2,12-27)34-23(20,6)33-16(29)10-8-7-9-14-11-15-17(35-14)25-18(30)24-15/h14-15,17,27,31-32H,7-12H2,1-6H3,(H,26,28)(H2,24,25,30)/t14?,15-,17+,19+,20+,21+,22+,23+/m0/s1. The van der Waals surface area contributed by atoms with Crippen LogP contribution in [0.3, 0.4) is 0 Å². The van der Waals surface area contributed by atoms with E-state index in [1.807, 2.05) is 0 Å². The maximum atomic E-state index is 12.9. The first kappa shape index (κ1) is 28.0. The van der Waals surface area contributed by atoms with Gasteiger partial charge in [0.25, 0.3) is 0 Å². The predicted molar refractivity (Wildman–Crippen MR) is 128 cm³/mol. The summed E-state index contributed by atoms with van der Waals surface area (Å²) in [7, 11) is 0. The zero-order chi connectivity index (χ0) is 26.4. The van der Waals surface area contributed by atoms with Gasteiger partial charge in [0, 0.05) is 25.5 Å². The minimum Gasteiger partial charge on any atom is -0.431 e. The van der Waals surface area contributed by atoms with Crippen LogP contribution in [-0.4, -0.2) is 84.6 Å². The molecule has 0 spiro atoms. The van der Waals surface area contributed by atoms with Crippen molar-refractivity contribution >= 4 is 29.7 Å². The summed E-state index contributed by atoms with van der Waals surface area (Å²) < 4.78 is 11.8. The van der Waals surface area contributed by atoms with Crippen molar-refractivity contribution in [3.05, 3.63) is 0 Å². The highest BCUT2D eigenvalue weighted by Crippen LogP contribution is 2.53. The number of ether oxygens (including phenoxy) is 2. The Morgan fingerprint density at radius 2 is 1.80 bits per heavy atom. The molecule has 0 aromatic heterocycles. The second-order valence-electron chi connectivity index (χ2n) is 10.7. The van der Waals surface area contributed by atoms with Crippen LogP contribution < -0.4 is 16.0 Å². The van der Waals surface area contributed by atoms with Gasteiger partial charge >= 0.3 is 12.0 Å². The SMILES string of the molecule is CC(=O)N[C@@]1(C)[C@](C)(OC(=O)CCCCC2C[C@@H]3NC(=O)N[C@@H]3S2)O[C@](C)(CO)[C@@](C)(O)[C@]1(C)O. The topological polar surface area (TPSA) is 166 Å². The second kappa shape index (κ2) is 9.37. The molecule has 0 aromatic rings. The van der Waals surface area contributed by atoms with Gasteiger partial charge in [-0.15, -0.1) is 11.8 Å². The van der Waals surface area contributed by atoms with E-state index in [1.165, 1.54) is 41.5 Å². The number of esters is 1. The van der Waals surface area contributed by atoms with Crippen LogP contribution in [-0.2, 0) is 19.1 Å². The molecule has 6 N–H and O–H groups in total. The zero-order valence-corrected chi connectivity index (χ0v) is 22.1. The molecular formula is C23H39N3O8S. The number of rotatable bonds is 8. The van der Waals surface area contributed by atoms with E-state index in [-0.39, 0.29) is 23.9 Å². The molecule has 0 radical (unpaired) electrons. The Labute approximate surface area is 210 Å². The van der Waals surface area contributed by atoms with E-state index < -0.39 is 46.6 Å². The Kier molecular flexibility index (Phi) is 7.49. The molecule has 200 valence electrons. The monoisotopic (exact) mass is 517 g/mol. The number of urea groups is 1. The van der Waals surface area contributed by atoms with E-state index in [4.69, 9.17) is 9.47 Å². The van der Waals surface area contributed by atoms with E-state index in [1.54, 1.807) is 11.8 Å². The Bertz CT molecular complexity index is 854. The first-order valence-electron chi connectivity index (χ1n) is 12.0. The van der Waals surface area contributed by atoms with Gasteiger partial charge in [-0.3, -0.25) is 9.59 Å². The molecule has 8 atom stereocenters. The summed E-state index contributed by atoms with van der Waals surface area (Å²) in [5.74, 6) is -3.01. The lowest BCUT2D eigenvalue weighted by molar-refractivity contribution is -0.416. The van der Waals surface area contributed by atoms with Crippen molar-refractivity contribution < 1.29 is 39.2 Å². The average Bonchev–Trinajstić information content (AvgIpc) is 3.25. The van der Waals surface area contributed by atoms with E-state index in [0.717, 1.165) is 19.3 Å². The maximum Gasteiger partial charge on any atom is 0.316 e. The van der Waals surface area contributed by atoms with Crippen molar-refractivity contribution in [3.8, 4) is 0 Å². The molecule has 12 heteroatoms. The molecule has 3 aliphatic rings. The summed E-state index contributed by atoms with van der Waals surface area (Å²) in [5.41, 5.74) is -7.55. The van der Waals surface area contributed by atoms with Crippen molar-refractivity contribution in [2.45, 2.75) is 118 Å². The summed E-state index contributed by atoms with van der Waals surface area (Å²) in [6.07, 6.45) is 3.20. The fourth-order valence-corrected chi connectivity index (χ4v) is 7.02. The van der Waals surface area contributed by atoms with Crippen LogP contribution in [0.1, 0.15) is 73.6 Å². The normalized spacial score (nSPS) is 44.8. The van der Waals surface area contributed by atoms with Crippen LogP contribution in [0, 0.1) is 0 Å². The average molecular weight is 518 g/mol. The molecule has 3 fully saturated rings. The van der Waals surface area contributed by atoms with Crippen molar-refractivity contribution in [2.75, 3.05) is 6.61 Å². The van der Waals surface area contributed by atoms with Gasteiger partial charge in [0.05, 0.1) is 18.0 Å². The lowest BCUT2D eigenvalue weighted by Gasteiger charge is -2.66. The van der Waals surface area contributed by atoms with E-state index >= 15 is 0 Å². The molecule has 0 aromatic carbocycles. The van der Waals surface area contributed by atoms with Crippen LogP contribution in [0.4, 0.5) is 4.79 Å². The number of thioether (sulfide) groups is 1. The van der Waals surface area contributed by atoms with Crippen LogP contribution in [0.15, 0.2) is 0 Å². The maximum absolute atomic E-state index is 12.9. The molecular weight excluding hydrogens is 478 g/mol. The summed E-state index contributed by atoms with van der Waals surface area (Å²) in [4.78, 5) is 36.3. The largest absolute Gasteiger partial charge is 0.431 e. The van der Waals surface area contributed by atoms with Crippen molar-refractivity contribution in [2.24, 2.45) is 0 Å². The molecule has 3 amide bonds. The molecule has 35 heavy (non-hydrogen) atoms. The highest BCUT2D eigenvalue weighted by molar-refractivity contribution is 8.00. The van der Waals surface area contributed by atoms with Crippen LogP contribution in [0.2, 0.25) is 0 Å². The van der Waals surface area contributed by atoms with Crippen LogP contribution >= 0.6 is 11.8 Å². The molecule has 0 bridgehead atoms. The van der Waals surface area contributed by atoms with Crippen molar-refractivity contribution in [3.63, 3.8) is 0 Å². The summed E-state index contributed by atoms with van der Waals surface area (Å²) >= 11 is 1.73. The number of aliphatic hydroxyl groups excluding tert-OH is 1. The lowest BCUT2D eigenvalue weighted by atomic mass is 9.59. The minimum absolute atomic E-state index is 0.0860. The highest BCUT2D eigenvalue weighted by Gasteiger charge is 2.76. The zero-order valence-electron chi connectivity index (χ0n) is 21.3. The molecule has 3 saturated heterocycles. The quantitative estimate of drug-likeness (QED) is 0.198. The number of hydrogen-bond donors (Lipinski definition) is 6. The smallest absolute Gasteiger partial charge is 0.316 e. The summed E-state index contributed by atoms with van der Waals surface area (Å²) in [6, 6.07) is 0.0133. The van der Waals surface area contributed by atoms with Gasteiger partial charge < -0.3 is 40.7 Å². The third-order valence-corrected chi connectivity index (χ3v) is 9.84. The second-order valence-corrected chi connectivity index (χ2v) is 12.2. The van der Waals surface area contributed by atoms with E-state index in [9.17, 15) is 29.7 Å². The molecule has 3 aliphatic heterocycles. The van der Waals surface area contributed by atoms with Gasteiger partial charge in [-0.25, -0.2) is 4.79 Å². The highest BCUT2D eigenvalue weighted by atomic mass is 32.2. The molecule has 0 saturated carbocycles. The molecule has 3 heterocycles. The third kappa shape index (κ3) is 4.63. The van der Waals surface area contributed by atoms with Gasteiger partial charge in [0.15, 0.2) is 0 Å². The molecule has 3 rings (SSSR count). The Balaban J connectivity index is 1.65. The molecule has 1 unspecified atom stereocenters. The molecule has 11 nitrogen and oxygen atoms in total. The number of unbranched alkanes of at least 4 members (excludes halogenated alkanes) is 1. The number of carbonyl (C=O) groups excluding carboxylic acids is 3. The van der Waals surface area contributed by atoms with Gasteiger partial charge in [0.2, 0.25) is 11.7 Å². The fourth-order valence-electron chi connectivity index (χ4n) is 5.44. The lowest BCUT2D eigenvalue weighted by Crippen LogP contribution is -2.88. The van der Waals surface area contributed by atoms with Gasteiger partial charge in [-0.05, 0) is 47.0 Å². The number of hydrogen-bond acceptors (Lipinski definition) is 9. The van der Waals surface area contributed by atoms with Crippen LogP contribution in [0.5, 0.6) is 0 Å². The number of nitrogens with one attached hydrogen (secondary N) is 3. The fraction of sp³-hybridized carbons (Fsp3) is 0.870. The number of carbonyl (C=O) groups is 3.